The smallest absolute Gasteiger partial charge is 0.226 e. The fourth-order valence-electron chi connectivity index (χ4n) is 1.85. The van der Waals surface area contributed by atoms with Crippen LogP contribution in [0.15, 0.2) is 4.52 Å². The molecule has 0 radical (unpaired) electrons. The van der Waals surface area contributed by atoms with Crippen LogP contribution in [0.4, 0.5) is 0 Å². The van der Waals surface area contributed by atoms with E-state index < -0.39 is 0 Å². The zero-order chi connectivity index (χ0) is 9.80. The fourth-order valence-corrected chi connectivity index (χ4v) is 1.85. The average molecular weight is 232 g/mol. The van der Waals surface area contributed by atoms with Crippen LogP contribution in [0.2, 0.25) is 0 Å². The van der Waals surface area contributed by atoms with Crippen molar-refractivity contribution in [1.29, 1.82) is 0 Å². The van der Waals surface area contributed by atoms with Crippen molar-refractivity contribution in [3.63, 3.8) is 0 Å². The number of hydrogen-bond donors (Lipinski definition) is 1. The Morgan fingerprint density at radius 3 is 2.73 bits per heavy atom. The van der Waals surface area contributed by atoms with Crippen molar-refractivity contribution >= 4 is 12.4 Å². The summed E-state index contributed by atoms with van der Waals surface area (Å²) in [6, 6.07) is 0. The molecule has 0 unspecified atom stereocenters. The predicted molar refractivity (Wildman–Crippen MR) is 60.2 cm³/mol. The van der Waals surface area contributed by atoms with E-state index in [1.807, 2.05) is 6.92 Å². The molecule has 86 valence electrons. The average Bonchev–Trinajstić information content (AvgIpc) is 2.67. The second-order valence-corrected chi connectivity index (χ2v) is 3.86. The summed E-state index contributed by atoms with van der Waals surface area (Å²) in [5.74, 6) is 2.36. The first kappa shape index (κ1) is 12.5. The Morgan fingerprint density at radius 2 is 2.13 bits per heavy atom. The van der Waals surface area contributed by atoms with Gasteiger partial charge in [0.15, 0.2) is 5.82 Å². The Kier molecular flexibility index (Phi) is 5.05. The first-order chi connectivity index (χ1) is 6.88. The van der Waals surface area contributed by atoms with Gasteiger partial charge in [-0.2, -0.15) is 4.98 Å². The van der Waals surface area contributed by atoms with Gasteiger partial charge in [0, 0.05) is 12.8 Å². The number of nitrogens with zero attached hydrogens (tertiary/aromatic N) is 2. The lowest BCUT2D eigenvalue weighted by Crippen LogP contribution is -2.28. The van der Waals surface area contributed by atoms with E-state index in [0.29, 0.717) is 0 Å². The maximum atomic E-state index is 5.18. The number of aromatic nitrogens is 2. The van der Waals surface area contributed by atoms with Crippen LogP contribution >= 0.6 is 12.4 Å². The lowest BCUT2D eigenvalue weighted by molar-refractivity contribution is 0.312. The molecule has 2 rings (SSSR count). The van der Waals surface area contributed by atoms with E-state index >= 15 is 0 Å². The Balaban J connectivity index is 0.00000112. The van der Waals surface area contributed by atoms with Crippen molar-refractivity contribution in [1.82, 2.24) is 15.5 Å². The normalized spacial score (nSPS) is 17.4. The minimum atomic E-state index is 0. The van der Waals surface area contributed by atoms with Crippen LogP contribution in [0.3, 0.4) is 0 Å². The number of nitrogens with one attached hydrogen (secondary N) is 1. The molecule has 1 aliphatic heterocycles. The summed E-state index contributed by atoms with van der Waals surface area (Å²) >= 11 is 0. The zero-order valence-electron chi connectivity index (χ0n) is 9.03. The van der Waals surface area contributed by atoms with Crippen molar-refractivity contribution < 1.29 is 4.52 Å². The SMILES string of the molecule is CCc1noc(CC2CCNCC2)n1.Cl. The molecule has 0 spiro atoms. The van der Waals surface area contributed by atoms with Crippen LogP contribution in [-0.4, -0.2) is 23.2 Å². The van der Waals surface area contributed by atoms with E-state index in [0.717, 1.165) is 43.6 Å². The molecule has 4 nitrogen and oxygen atoms in total. The number of piperidine rings is 1. The van der Waals surface area contributed by atoms with E-state index in [1.165, 1.54) is 12.8 Å². The molecule has 1 fully saturated rings. The highest BCUT2D eigenvalue weighted by Gasteiger charge is 2.16. The van der Waals surface area contributed by atoms with Crippen molar-refractivity contribution in [2.24, 2.45) is 5.92 Å². The second-order valence-electron chi connectivity index (χ2n) is 3.86. The van der Waals surface area contributed by atoms with Gasteiger partial charge in [0.25, 0.3) is 0 Å². The van der Waals surface area contributed by atoms with Gasteiger partial charge in [0.05, 0.1) is 0 Å². The molecule has 5 heteroatoms. The summed E-state index contributed by atoms with van der Waals surface area (Å²) in [6.07, 6.45) is 4.26. The fraction of sp³-hybridized carbons (Fsp3) is 0.800. The van der Waals surface area contributed by atoms with E-state index in [1.54, 1.807) is 0 Å². The van der Waals surface area contributed by atoms with Gasteiger partial charge < -0.3 is 9.84 Å². The summed E-state index contributed by atoms with van der Waals surface area (Å²) in [5, 5.41) is 7.25. The molecule has 2 heterocycles. The topological polar surface area (TPSA) is 51.0 Å². The summed E-state index contributed by atoms with van der Waals surface area (Å²) in [6.45, 7) is 4.29. The minimum Gasteiger partial charge on any atom is -0.339 e. The number of rotatable bonds is 3. The summed E-state index contributed by atoms with van der Waals surface area (Å²) in [4.78, 5) is 4.32. The van der Waals surface area contributed by atoms with Gasteiger partial charge in [-0.1, -0.05) is 12.1 Å². The van der Waals surface area contributed by atoms with Crippen molar-refractivity contribution in [2.45, 2.75) is 32.6 Å². The van der Waals surface area contributed by atoms with Gasteiger partial charge in [-0.25, -0.2) is 0 Å². The maximum absolute atomic E-state index is 5.18. The van der Waals surface area contributed by atoms with Crippen molar-refractivity contribution in [3.8, 4) is 0 Å². The van der Waals surface area contributed by atoms with E-state index in [9.17, 15) is 0 Å². The molecule has 0 aromatic carbocycles. The zero-order valence-corrected chi connectivity index (χ0v) is 9.85. The monoisotopic (exact) mass is 231 g/mol. The van der Waals surface area contributed by atoms with Crippen molar-refractivity contribution in [3.05, 3.63) is 11.7 Å². The van der Waals surface area contributed by atoms with Crippen molar-refractivity contribution in [2.75, 3.05) is 13.1 Å². The molecular weight excluding hydrogens is 214 g/mol. The van der Waals surface area contributed by atoms with E-state index in [2.05, 4.69) is 15.5 Å². The van der Waals surface area contributed by atoms with Gasteiger partial charge in [-0.05, 0) is 31.8 Å². The molecule has 0 atom stereocenters. The highest BCUT2D eigenvalue weighted by atomic mass is 35.5. The molecule has 0 amide bonds. The predicted octanol–water partition coefficient (Wildman–Crippen LogP) is 1.60. The highest BCUT2D eigenvalue weighted by molar-refractivity contribution is 5.85. The Morgan fingerprint density at radius 1 is 1.40 bits per heavy atom. The standard InChI is InChI=1S/C10H17N3O.ClH/c1-2-9-12-10(14-13-9)7-8-3-5-11-6-4-8;/h8,11H,2-7H2,1H3;1H. The third-order valence-corrected chi connectivity index (χ3v) is 2.75. The third-order valence-electron chi connectivity index (χ3n) is 2.75. The molecule has 0 aliphatic carbocycles. The molecule has 15 heavy (non-hydrogen) atoms. The van der Waals surface area contributed by atoms with Gasteiger partial charge in [-0.3, -0.25) is 0 Å². The van der Waals surface area contributed by atoms with Crippen LogP contribution in [0.5, 0.6) is 0 Å². The minimum absolute atomic E-state index is 0. The largest absolute Gasteiger partial charge is 0.339 e. The molecule has 1 aromatic heterocycles. The van der Waals surface area contributed by atoms with Gasteiger partial charge in [0.1, 0.15) is 0 Å². The second kappa shape index (κ2) is 6.08. The first-order valence-corrected chi connectivity index (χ1v) is 5.40. The summed E-state index contributed by atoms with van der Waals surface area (Å²) in [5.41, 5.74) is 0. The third kappa shape index (κ3) is 3.47. The Labute approximate surface area is 96.2 Å². The van der Waals surface area contributed by atoms with E-state index in [-0.39, 0.29) is 12.4 Å². The van der Waals surface area contributed by atoms with Crippen LogP contribution in [0.1, 0.15) is 31.5 Å². The van der Waals surface area contributed by atoms with Crippen LogP contribution in [0, 0.1) is 5.92 Å². The summed E-state index contributed by atoms with van der Waals surface area (Å²) in [7, 11) is 0. The van der Waals surface area contributed by atoms with Gasteiger partial charge >= 0.3 is 0 Å². The molecule has 1 aliphatic rings. The number of hydrogen-bond acceptors (Lipinski definition) is 4. The molecular formula is C10H18ClN3O. The van der Waals surface area contributed by atoms with Crippen LogP contribution in [-0.2, 0) is 12.8 Å². The lowest BCUT2D eigenvalue weighted by atomic mass is 9.95. The number of aryl methyl sites for hydroxylation is 1. The molecule has 1 N–H and O–H groups in total. The number of halogens is 1. The molecule has 0 saturated carbocycles. The first-order valence-electron chi connectivity index (χ1n) is 5.40. The van der Waals surface area contributed by atoms with E-state index in [4.69, 9.17) is 4.52 Å². The Bertz CT molecular complexity index is 284. The molecule has 0 bridgehead atoms. The molecule has 1 saturated heterocycles. The highest BCUT2D eigenvalue weighted by Crippen LogP contribution is 2.16. The lowest BCUT2D eigenvalue weighted by Gasteiger charge is -2.20. The van der Waals surface area contributed by atoms with Gasteiger partial charge in [0.2, 0.25) is 5.89 Å². The molecule has 1 aromatic rings. The van der Waals surface area contributed by atoms with Crippen LogP contribution < -0.4 is 5.32 Å². The van der Waals surface area contributed by atoms with Crippen LogP contribution in [0.25, 0.3) is 0 Å². The van der Waals surface area contributed by atoms with Gasteiger partial charge in [-0.15, -0.1) is 12.4 Å². The quantitative estimate of drug-likeness (QED) is 0.859. The summed E-state index contributed by atoms with van der Waals surface area (Å²) < 4.78 is 5.18. The maximum Gasteiger partial charge on any atom is 0.226 e. The Hall–Kier alpha value is -0.610.